The number of para-hydroxylation sites is 1. The van der Waals surface area contributed by atoms with Gasteiger partial charge in [0.2, 0.25) is 0 Å². The van der Waals surface area contributed by atoms with Gasteiger partial charge in [-0.15, -0.1) is 10.2 Å². The van der Waals surface area contributed by atoms with Gasteiger partial charge in [-0.3, -0.25) is 10.1 Å². The van der Waals surface area contributed by atoms with Crippen molar-refractivity contribution < 1.29 is 4.92 Å². The van der Waals surface area contributed by atoms with Gasteiger partial charge >= 0.3 is 0 Å². The Hall–Kier alpha value is -2.51. The Labute approximate surface area is 96.2 Å². The summed E-state index contributed by atoms with van der Waals surface area (Å²) >= 11 is 0. The lowest BCUT2D eigenvalue weighted by Crippen LogP contribution is -2.05. The lowest BCUT2D eigenvalue weighted by atomic mass is 10.1. The number of H-pyrrole nitrogens is 1. The molecule has 8 heteroatoms. The van der Waals surface area contributed by atoms with Crippen molar-refractivity contribution >= 4 is 11.4 Å². The van der Waals surface area contributed by atoms with Gasteiger partial charge < -0.3 is 5.32 Å². The van der Waals surface area contributed by atoms with Gasteiger partial charge in [0, 0.05) is 5.56 Å². The molecule has 0 radical (unpaired) electrons. The van der Waals surface area contributed by atoms with E-state index in [-0.39, 0.29) is 12.2 Å². The van der Waals surface area contributed by atoms with Crippen LogP contribution in [0.25, 0.3) is 0 Å². The Morgan fingerprint density at radius 2 is 2.35 bits per heavy atom. The zero-order chi connectivity index (χ0) is 12.3. The molecule has 0 aliphatic heterocycles. The molecule has 2 rings (SSSR count). The van der Waals surface area contributed by atoms with Crippen molar-refractivity contribution in [1.29, 1.82) is 0 Å². The van der Waals surface area contributed by atoms with E-state index in [0.29, 0.717) is 17.1 Å². The molecular weight excluding hydrogens is 224 g/mol. The number of aromatic amines is 1. The van der Waals surface area contributed by atoms with Crippen molar-refractivity contribution in [3.8, 4) is 0 Å². The van der Waals surface area contributed by atoms with E-state index in [1.165, 1.54) is 0 Å². The molecule has 88 valence electrons. The molecule has 0 spiro atoms. The average Bonchev–Trinajstić information content (AvgIpc) is 2.78. The van der Waals surface area contributed by atoms with Gasteiger partial charge in [-0.1, -0.05) is 17.3 Å². The maximum atomic E-state index is 10.9. The number of benzene rings is 1. The normalized spacial score (nSPS) is 10.2. The predicted octanol–water partition coefficient (Wildman–Crippen LogP) is 1.03. The van der Waals surface area contributed by atoms with E-state index in [0.717, 1.165) is 0 Å². The molecule has 0 unspecified atom stereocenters. The number of aromatic nitrogens is 4. The SMILES string of the molecule is Cc1cccc(NCc2nn[nH]n2)c1[N+](=O)[O-]. The summed E-state index contributed by atoms with van der Waals surface area (Å²) in [6.07, 6.45) is 0. The highest BCUT2D eigenvalue weighted by molar-refractivity contribution is 5.64. The Kier molecular flexibility index (Phi) is 2.95. The smallest absolute Gasteiger partial charge is 0.295 e. The van der Waals surface area contributed by atoms with Gasteiger partial charge in [0.25, 0.3) is 5.69 Å². The zero-order valence-corrected chi connectivity index (χ0v) is 9.04. The molecule has 2 aromatic rings. The van der Waals surface area contributed by atoms with Crippen molar-refractivity contribution in [2.24, 2.45) is 0 Å². The van der Waals surface area contributed by atoms with Crippen molar-refractivity contribution in [3.63, 3.8) is 0 Å². The lowest BCUT2D eigenvalue weighted by Gasteiger charge is -2.06. The number of aryl methyl sites for hydroxylation is 1. The Morgan fingerprint density at radius 1 is 1.53 bits per heavy atom. The van der Waals surface area contributed by atoms with E-state index < -0.39 is 4.92 Å². The standard InChI is InChI=1S/C9H10N6O2/c1-6-3-2-4-7(9(6)15(16)17)10-5-8-11-13-14-12-8/h2-4,10H,5H2,1H3,(H,11,12,13,14). The summed E-state index contributed by atoms with van der Waals surface area (Å²) in [5.74, 6) is 0.445. The highest BCUT2D eigenvalue weighted by atomic mass is 16.6. The van der Waals surface area contributed by atoms with E-state index in [4.69, 9.17) is 0 Å². The van der Waals surface area contributed by atoms with Crippen LogP contribution in [0.3, 0.4) is 0 Å². The van der Waals surface area contributed by atoms with Crippen molar-refractivity contribution in [3.05, 3.63) is 39.7 Å². The van der Waals surface area contributed by atoms with Crippen molar-refractivity contribution in [2.45, 2.75) is 13.5 Å². The fourth-order valence-electron chi connectivity index (χ4n) is 1.48. The first-order chi connectivity index (χ1) is 8.18. The van der Waals surface area contributed by atoms with Gasteiger partial charge in [-0.2, -0.15) is 5.21 Å². The predicted molar refractivity (Wildman–Crippen MR) is 59.3 cm³/mol. The summed E-state index contributed by atoms with van der Waals surface area (Å²) in [6, 6.07) is 5.09. The quantitative estimate of drug-likeness (QED) is 0.603. The molecule has 8 nitrogen and oxygen atoms in total. The molecule has 0 atom stereocenters. The molecule has 0 bridgehead atoms. The first-order valence-electron chi connectivity index (χ1n) is 4.88. The minimum Gasteiger partial charge on any atom is -0.372 e. The molecule has 0 amide bonds. The van der Waals surface area contributed by atoms with Crippen LogP contribution in [0.1, 0.15) is 11.4 Å². The van der Waals surface area contributed by atoms with Crippen LogP contribution in [0.5, 0.6) is 0 Å². The fourth-order valence-corrected chi connectivity index (χ4v) is 1.48. The molecule has 0 saturated heterocycles. The van der Waals surface area contributed by atoms with Crippen LogP contribution >= 0.6 is 0 Å². The molecule has 2 N–H and O–H groups in total. The number of nitro groups is 1. The second-order valence-corrected chi connectivity index (χ2v) is 3.41. The molecule has 0 saturated carbocycles. The molecule has 1 aromatic carbocycles. The van der Waals surface area contributed by atoms with Crippen LogP contribution in [0, 0.1) is 17.0 Å². The first-order valence-corrected chi connectivity index (χ1v) is 4.88. The van der Waals surface area contributed by atoms with Gasteiger partial charge in [0.05, 0.1) is 11.5 Å². The van der Waals surface area contributed by atoms with Crippen LogP contribution in [0.4, 0.5) is 11.4 Å². The fraction of sp³-hybridized carbons (Fsp3) is 0.222. The number of hydrogen-bond acceptors (Lipinski definition) is 6. The van der Waals surface area contributed by atoms with Crippen LogP contribution < -0.4 is 5.32 Å². The summed E-state index contributed by atoms with van der Waals surface area (Å²) < 4.78 is 0. The van der Waals surface area contributed by atoms with Crippen LogP contribution in [-0.2, 0) is 6.54 Å². The minimum absolute atomic E-state index is 0.0657. The minimum atomic E-state index is -0.409. The first kappa shape index (κ1) is 11.0. The zero-order valence-electron chi connectivity index (χ0n) is 9.04. The van der Waals surface area contributed by atoms with Crippen molar-refractivity contribution in [2.75, 3.05) is 5.32 Å². The summed E-state index contributed by atoms with van der Waals surface area (Å²) in [5, 5.41) is 27.0. The average molecular weight is 234 g/mol. The van der Waals surface area contributed by atoms with E-state index in [9.17, 15) is 10.1 Å². The second kappa shape index (κ2) is 4.56. The largest absolute Gasteiger partial charge is 0.372 e. The number of anilines is 1. The number of nitrogens with one attached hydrogen (secondary N) is 2. The van der Waals surface area contributed by atoms with Crippen LogP contribution in [0.15, 0.2) is 18.2 Å². The number of nitro benzene ring substituents is 1. The number of nitrogens with zero attached hydrogens (tertiary/aromatic N) is 4. The van der Waals surface area contributed by atoms with E-state index in [2.05, 4.69) is 25.9 Å². The van der Waals surface area contributed by atoms with Crippen molar-refractivity contribution in [1.82, 2.24) is 20.6 Å². The molecule has 1 heterocycles. The third-order valence-corrected chi connectivity index (χ3v) is 2.25. The second-order valence-electron chi connectivity index (χ2n) is 3.41. The summed E-state index contributed by atoms with van der Waals surface area (Å²) in [5.41, 5.74) is 1.11. The van der Waals surface area contributed by atoms with Gasteiger partial charge in [0.1, 0.15) is 5.69 Å². The topological polar surface area (TPSA) is 110 Å². The Balaban J connectivity index is 2.21. The Morgan fingerprint density at radius 3 is 3.00 bits per heavy atom. The number of hydrogen-bond donors (Lipinski definition) is 2. The molecule has 0 aliphatic rings. The summed E-state index contributed by atoms with van der Waals surface area (Å²) in [6.45, 7) is 1.97. The molecule has 17 heavy (non-hydrogen) atoms. The maximum Gasteiger partial charge on any atom is 0.295 e. The van der Waals surface area contributed by atoms with Gasteiger partial charge in [-0.05, 0) is 13.0 Å². The molecule has 1 aromatic heterocycles. The highest BCUT2D eigenvalue weighted by Gasteiger charge is 2.16. The maximum absolute atomic E-state index is 10.9. The molecule has 0 aliphatic carbocycles. The van der Waals surface area contributed by atoms with Crippen LogP contribution in [0.2, 0.25) is 0 Å². The van der Waals surface area contributed by atoms with Crippen LogP contribution in [-0.4, -0.2) is 25.5 Å². The van der Waals surface area contributed by atoms with E-state index >= 15 is 0 Å². The third-order valence-electron chi connectivity index (χ3n) is 2.25. The monoisotopic (exact) mass is 234 g/mol. The van der Waals surface area contributed by atoms with Gasteiger partial charge in [0.15, 0.2) is 5.82 Å². The number of rotatable bonds is 4. The highest BCUT2D eigenvalue weighted by Crippen LogP contribution is 2.27. The molecular formula is C9H10N6O2. The van der Waals surface area contributed by atoms with Gasteiger partial charge in [-0.25, -0.2) is 0 Å². The Bertz CT molecular complexity index is 524. The van der Waals surface area contributed by atoms with E-state index in [1.807, 2.05) is 0 Å². The summed E-state index contributed by atoms with van der Waals surface area (Å²) in [4.78, 5) is 10.5. The number of tetrazole rings is 1. The lowest BCUT2D eigenvalue weighted by molar-refractivity contribution is -0.384. The van der Waals surface area contributed by atoms with E-state index in [1.54, 1.807) is 25.1 Å². The third kappa shape index (κ3) is 2.36. The summed E-state index contributed by atoms with van der Waals surface area (Å²) in [7, 11) is 0. The molecule has 0 fully saturated rings.